The van der Waals surface area contributed by atoms with Gasteiger partial charge in [-0.05, 0) is 54.8 Å². The van der Waals surface area contributed by atoms with Gasteiger partial charge in [0, 0.05) is 5.56 Å². The molecule has 0 radical (unpaired) electrons. The quantitative estimate of drug-likeness (QED) is 0.636. The highest BCUT2D eigenvalue weighted by Crippen LogP contribution is 2.30. The van der Waals surface area contributed by atoms with Crippen molar-refractivity contribution in [1.82, 2.24) is 4.98 Å². The molecule has 0 bridgehead atoms. The Morgan fingerprint density at radius 1 is 1.04 bits per heavy atom. The van der Waals surface area contributed by atoms with Crippen molar-refractivity contribution in [1.29, 1.82) is 0 Å². The maximum Gasteiger partial charge on any atom is 0.347 e. The second kappa shape index (κ2) is 7.07. The van der Waals surface area contributed by atoms with Gasteiger partial charge in [0.1, 0.15) is 21.4 Å². The first-order valence-electron chi connectivity index (χ1n) is 8.03. The number of aromatic nitrogens is 1. The molecule has 1 heterocycles. The number of hydrogen-bond acceptors (Lipinski definition) is 4. The van der Waals surface area contributed by atoms with E-state index in [2.05, 4.69) is 31.0 Å². The summed E-state index contributed by atoms with van der Waals surface area (Å²) in [5.74, 6) is 1.07. The highest BCUT2D eigenvalue weighted by Gasteiger charge is 2.15. The van der Waals surface area contributed by atoms with Gasteiger partial charge in [0.2, 0.25) is 0 Å². The predicted octanol–water partition coefficient (Wildman–Crippen LogP) is 5.73. The van der Waals surface area contributed by atoms with Crippen LogP contribution in [-0.2, 0) is 0 Å². The van der Waals surface area contributed by atoms with Gasteiger partial charge in [0.05, 0.1) is 5.69 Å². The first-order valence-corrected chi connectivity index (χ1v) is 8.84. The van der Waals surface area contributed by atoms with Crippen molar-refractivity contribution < 1.29 is 14.6 Å². The van der Waals surface area contributed by atoms with Gasteiger partial charge in [-0.3, -0.25) is 0 Å². The molecule has 3 aromatic rings. The number of carboxylic acid groups (broad SMARTS) is 1. The van der Waals surface area contributed by atoms with Crippen LogP contribution < -0.4 is 4.74 Å². The van der Waals surface area contributed by atoms with Crippen molar-refractivity contribution in [3.8, 4) is 22.1 Å². The third-order valence-electron chi connectivity index (χ3n) is 3.87. The van der Waals surface area contributed by atoms with Crippen molar-refractivity contribution >= 4 is 17.3 Å². The van der Waals surface area contributed by atoms with Crippen LogP contribution in [0.1, 0.15) is 40.7 Å². The predicted molar refractivity (Wildman–Crippen MR) is 99.9 cm³/mol. The molecule has 5 heteroatoms. The number of aromatic carboxylic acids is 1. The zero-order valence-corrected chi connectivity index (χ0v) is 15.1. The Morgan fingerprint density at radius 3 is 2.08 bits per heavy atom. The van der Waals surface area contributed by atoms with Crippen molar-refractivity contribution in [3.63, 3.8) is 0 Å². The Hall–Kier alpha value is -2.66. The number of benzene rings is 2. The van der Waals surface area contributed by atoms with Crippen LogP contribution in [0.15, 0.2) is 48.5 Å². The van der Waals surface area contributed by atoms with Crippen LogP contribution in [0.2, 0.25) is 0 Å². The Labute approximate surface area is 150 Å². The van der Waals surface area contributed by atoms with E-state index < -0.39 is 5.97 Å². The molecule has 0 atom stereocenters. The molecule has 0 saturated heterocycles. The highest BCUT2D eigenvalue weighted by atomic mass is 32.1. The summed E-state index contributed by atoms with van der Waals surface area (Å²) in [6.45, 7) is 6.02. The van der Waals surface area contributed by atoms with E-state index in [4.69, 9.17) is 9.84 Å². The zero-order chi connectivity index (χ0) is 18.0. The van der Waals surface area contributed by atoms with E-state index >= 15 is 0 Å². The first-order chi connectivity index (χ1) is 11.9. The van der Waals surface area contributed by atoms with Gasteiger partial charge in [-0.2, -0.15) is 0 Å². The summed E-state index contributed by atoms with van der Waals surface area (Å²) in [5.41, 5.74) is 2.69. The Balaban J connectivity index is 1.76. The molecule has 1 aromatic heterocycles. The van der Waals surface area contributed by atoms with E-state index in [1.54, 1.807) is 6.92 Å². The largest absolute Gasteiger partial charge is 0.477 e. The number of rotatable bonds is 5. The SMILES string of the molecule is Cc1nc(-c2ccc(Oc3ccc(C(C)C)cc3)cc2)sc1C(=O)O. The summed E-state index contributed by atoms with van der Waals surface area (Å²) in [4.78, 5) is 15.8. The minimum Gasteiger partial charge on any atom is -0.477 e. The number of hydrogen-bond donors (Lipinski definition) is 1. The number of carboxylic acids is 1. The second-order valence-corrected chi connectivity index (χ2v) is 7.09. The summed E-state index contributed by atoms with van der Waals surface area (Å²) in [6, 6.07) is 15.6. The molecule has 4 nitrogen and oxygen atoms in total. The van der Waals surface area contributed by atoms with Crippen LogP contribution in [0.25, 0.3) is 10.6 Å². The summed E-state index contributed by atoms with van der Waals surface area (Å²) in [6.07, 6.45) is 0. The topological polar surface area (TPSA) is 59.4 Å². The van der Waals surface area contributed by atoms with Crippen molar-refractivity contribution in [2.24, 2.45) is 0 Å². The molecule has 3 rings (SSSR count). The van der Waals surface area contributed by atoms with E-state index in [-0.39, 0.29) is 4.88 Å². The van der Waals surface area contributed by atoms with E-state index in [0.29, 0.717) is 16.6 Å². The number of aryl methyl sites for hydroxylation is 1. The van der Waals surface area contributed by atoms with Gasteiger partial charge in [0.25, 0.3) is 0 Å². The summed E-state index contributed by atoms with van der Waals surface area (Å²) < 4.78 is 5.86. The zero-order valence-electron chi connectivity index (χ0n) is 14.3. The van der Waals surface area contributed by atoms with Crippen LogP contribution in [0.5, 0.6) is 11.5 Å². The van der Waals surface area contributed by atoms with Gasteiger partial charge in [-0.15, -0.1) is 11.3 Å². The van der Waals surface area contributed by atoms with Crippen LogP contribution in [0, 0.1) is 6.92 Å². The normalized spacial score (nSPS) is 10.9. The molecular weight excluding hydrogens is 334 g/mol. The lowest BCUT2D eigenvalue weighted by atomic mass is 10.0. The maximum absolute atomic E-state index is 11.1. The van der Waals surface area contributed by atoms with Crippen molar-refractivity contribution in [2.45, 2.75) is 26.7 Å². The fraction of sp³-hybridized carbons (Fsp3) is 0.200. The van der Waals surface area contributed by atoms with Gasteiger partial charge in [-0.1, -0.05) is 26.0 Å². The van der Waals surface area contributed by atoms with E-state index in [9.17, 15) is 4.79 Å². The average Bonchev–Trinajstić information content (AvgIpc) is 2.98. The molecule has 0 fully saturated rings. The Bertz CT molecular complexity index is 880. The number of thiazole rings is 1. The molecule has 0 aliphatic carbocycles. The third kappa shape index (κ3) is 3.88. The smallest absolute Gasteiger partial charge is 0.347 e. The molecule has 1 N–H and O–H groups in total. The molecule has 25 heavy (non-hydrogen) atoms. The van der Waals surface area contributed by atoms with E-state index in [1.807, 2.05) is 36.4 Å². The standard InChI is InChI=1S/C20H19NO3S/c1-12(2)14-4-8-16(9-5-14)24-17-10-6-15(7-11-17)19-21-13(3)18(25-19)20(22)23/h4-12H,1-3H3,(H,22,23). The molecule has 0 spiro atoms. The van der Waals surface area contributed by atoms with Crippen LogP contribution >= 0.6 is 11.3 Å². The molecule has 0 amide bonds. The fourth-order valence-electron chi connectivity index (χ4n) is 2.44. The number of carbonyl (C=O) groups is 1. The summed E-state index contributed by atoms with van der Waals surface area (Å²) >= 11 is 1.18. The van der Waals surface area contributed by atoms with Crippen LogP contribution in [0.3, 0.4) is 0 Å². The lowest BCUT2D eigenvalue weighted by Crippen LogP contribution is -1.94. The van der Waals surface area contributed by atoms with Gasteiger partial charge < -0.3 is 9.84 Å². The first kappa shape index (κ1) is 17.2. The lowest BCUT2D eigenvalue weighted by molar-refractivity contribution is 0.0701. The van der Waals surface area contributed by atoms with Gasteiger partial charge in [-0.25, -0.2) is 9.78 Å². The third-order valence-corrected chi connectivity index (χ3v) is 5.07. The maximum atomic E-state index is 11.1. The highest BCUT2D eigenvalue weighted by molar-refractivity contribution is 7.17. The molecule has 2 aromatic carbocycles. The lowest BCUT2D eigenvalue weighted by Gasteiger charge is -2.09. The summed E-state index contributed by atoms with van der Waals surface area (Å²) in [7, 11) is 0. The minimum absolute atomic E-state index is 0.278. The average molecular weight is 353 g/mol. The Morgan fingerprint density at radius 2 is 1.60 bits per heavy atom. The van der Waals surface area contributed by atoms with E-state index in [1.165, 1.54) is 16.9 Å². The van der Waals surface area contributed by atoms with Gasteiger partial charge >= 0.3 is 5.97 Å². The second-order valence-electron chi connectivity index (χ2n) is 6.09. The van der Waals surface area contributed by atoms with Crippen molar-refractivity contribution in [3.05, 3.63) is 64.7 Å². The molecule has 128 valence electrons. The monoisotopic (exact) mass is 353 g/mol. The molecular formula is C20H19NO3S. The fourth-order valence-corrected chi connectivity index (χ4v) is 3.35. The van der Waals surface area contributed by atoms with Gasteiger partial charge in [0.15, 0.2) is 0 Å². The minimum atomic E-state index is -0.939. The van der Waals surface area contributed by atoms with Crippen LogP contribution in [0.4, 0.5) is 0 Å². The summed E-state index contributed by atoms with van der Waals surface area (Å²) in [5, 5.41) is 9.84. The van der Waals surface area contributed by atoms with E-state index in [0.717, 1.165) is 17.1 Å². The molecule has 0 saturated carbocycles. The Kier molecular flexibility index (Phi) is 4.86. The number of nitrogens with zero attached hydrogens (tertiary/aromatic N) is 1. The van der Waals surface area contributed by atoms with Crippen LogP contribution in [-0.4, -0.2) is 16.1 Å². The number of ether oxygens (including phenoxy) is 1. The molecule has 0 unspecified atom stereocenters. The molecule has 0 aliphatic rings. The van der Waals surface area contributed by atoms with Crippen molar-refractivity contribution in [2.75, 3.05) is 0 Å². The molecule has 0 aliphatic heterocycles.